The molecule has 0 aromatic carbocycles. The molecule has 2 atom stereocenters. The molecule has 20 heavy (non-hydrogen) atoms. The van der Waals surface area contributed by atoms with Gasteiger partial charge in [0.15, 0.2) is 0 Å². The Morgan fingerprint density at radius 2 is 2.00 bits per heavy atom. The van der Waals surface area contributed by atoms with E-state index in [9.17, 15) is 18.0 Å². The molecule has 7 nitrogen and oxygen atoms in total. The number of nitrogens with zero attached hydrogens (tertiary/aromatic N) is 1. The van der Waals surface area contributed by atoms with Gasteiger partial charge in [-0.3, -0.25) is 4.79 Å². The number of carbonyl (C=O) groups excluding carboxylic acids is 1. The average Bonchev–Trinajstić information content (AvgIpc) is 2.75. The SMILES string of the molecule is CC(C)C[C@@H](NC(=O)[C@@H]1CCCN1S(C)(=O)=O)C(=O)O. The fourth-order valence-corrected chi connectivity index (χ4v) is 3.48. The van der Waals surface area contributed by atoms with Gasteiger partial charge in [-0.05, 0) is 25.2 Å². The van der Waals surface area contributed by atoms with E-state index in [4.69, 9.17) is 5.11 Å². The number of hydrogen-bond donors (Lipinski definition) is 2. The lowest BCUT2D eigenvalue weighted by molar-refractivity contribution is -0.142. The molecule has 1 fully saturated rings. The van der Waals surface area contributed by atoms with E-state index in [0.29, 0.717) is 25.8 Å². The Bertz CT molecular complexity index is 474. The number of sulfonamides is 1. The molecule has 2 N–H and O–H groups in total. The van der Waals surface area contributed by atoms with E-state index >= 15 is 0 Å². The van der Waals surface area contributed by atoms with Gasteiger partial charge in [-0.15, -0.1) is 0 Å². The lowest BCUT2D eigenvalue weighted by Gasteiger charge is -2.24. The highest BCUT2D eigenvalue weighted by Gasteiger charge is 2.37. The zero-order valence-corrected chi connectivity index (χ0v) is 12.8. The minimum absolute atomic E-state index is 0.117. The van der Waals surface area contributed by atoms with Gasteiger partial charge in [-0.2, -0.15) is 4.31 Å². The number of aliphatic carboxylic acids is 1. The highest BCUT2D eigenvalue weighted by molar-refractivity contribution is 7.88. The number of carboxylic acid groups (broad SMARTS) is 1. The summed E-state index contributed by atoms with van der Waals surface area (Å²) in [6, 6.07) is -1.77. The first-order chi connectivity index (χ1) is 9.12. The smallest absolute Gasteiger partial charge is 0.326 e. The summed E-state index contributed by atoms with van der Waals surface area (Å²) < 4.78 is 24.3. The lowest BCUT2D eigenvalue weighted by Crippen LogP contribution is -2.50. The molecule has 0 aliphatic carbocycles. The van der Waals surface area contributed by atoms with Crippen molar-refractivity contribution in [1.29, 1.82) is 0 Å². The maximum absolute atomic E-state index is 12.1. The summed E-state index contributed by atoms with van der Waals surface area (Å²) in [5.41, 5.74) is 0. The van der Waals surface area contributed by atoms with Gasteiger partial charge in [0.05, 0.1) is 6.26 Å². The number of carbonyl (C=O) groups is 2. The van der Waals surface area contributed by atoms with Crippen molar-refractivity contribution >= 4 is 21.9 Å². The summed E-state index contributed by atoms with van der Waals surface area (Å²) in [5, 5.41) is 11.5. The summed E-state index contributed by atoms with van der Waals surface area (Å²) in [4.78, 5) is 23.2. The maximum atomic E-state index is 12.1. The van der Waals surface area contributed by atoms with Crippen LogP contribution in [-0.4, -0.2) is 54.6 Å². The molecule has 0 aromatic rings. The minimum atomic E-state index is -3.45. The van der Waals surface area contributed by atoms with Crippen LogP contribution in [0.15, 0.2) is 0 Å². The first kappa shape index (κ1) is 16.9. The van der Waals surface area contributed by atoms with Crippen molar-refractivity contribution in [2.75, 3.05) is 12.8 Å². The number of hydrogen-bond acceptors (Lipinski definition) is 4. The van der Waals surface area contributed by atoms with Crippen molar-refractivity contribution in [1.82, 2.24) is 9.62 Å². The van der Waals surface area contributed by atoms with Crippen molar-refractivity contribution in [2.24, 2.45) is 5.92 Å². The Kier molecular flexibility index (Phi) is 5.52. The quantitative estimate of drug-likeness (QED) is 0.720. The molecule has 0 radical (unpaired) electrons. The van der Waals surface area contributed by atoms with Gasteiger partial charge in [0.2, 0.25) is 15.9 Å². The van der Waals surface area contributed by atoms with Crippen LogP contribution in [0.1, 0.15) is 33.1 Å². The maximum Gasteiger partial charge on any atom is 0.326 e. The predicted octanol–water partition coefficient (Wildman–Crippen LogP) is 0.0259. The monoisotopic (exact) mass is 306 g/mol. The molecule has 1 aliphatic heterocycles. The molecule has 0 spiro atoms. The van der Waals surface area contributed by atoms with E-state index in [0.717, 1.165) is 10.6 Å². The van der Waals surface area contributed by atoms with Crippen molar-refractivity contribution in [2.45, 2.75) is 45.2 Å². The van der Waals surface area contributed by atoms with E-state index in [1.165, 1.54) is 0 Å². The van der Waals surface area contributed by atoms with Crippen molar-refractivity contribution in [3.8, 4) is 0 Å². The average molecular weight is 306 g/mol. The van der Waals surface area contributed by atoms with Crippen LogP contribution in [0, 0.1) is 5.92 Å². The summed E-state index contributed by atoms with van der Waals surface area (Å²) in [5.74, 6) is -1.51. The summed E-state index contributed by atoms with van der Waals surface area (Å²) in [6.07, 6.45) is 2.40. The van der Waals surface area contributed by atoms with Gasteiger partial charge >= 0.3 is 5.97 Å². The number of nitrogens with one attached hydrogen (secondary N) is 1. The molecule has 0 bridgehead atoms. The fraction of sp³-hybridized carbons (Fsp3) is 0.833. The highest BCUT2D eigenvalue weighted by Crippen LogP contribution is 2.20. The Morgan fingerprint density at radius 3 is 2.45 bits per heavy atom. The van der Waals surface area contributed by atoms with Gasteiger partial charge in [0.1, 0.15) is 12.1 Å². The molecule has 0 saturated carbocycles. The fourth-order valence-electron chi connectivity index (χ4n) is 2.36. The van der Waals surface area contributed by atoms with Gasteiger partial charge in [0.25, 0.3) is 0 Å². The third-order valence-electron chi connectivity index (χ3n) is 3.25. The van der Waals surface area contributed by atoms with Crippen molar-refractivity contribution in [3.05, 3.63) is 0 Å². The Balaban J connectivity index is 2.76. The van der Waals surface area contributed by atoms with Crippen LogP contribution in [0.4, 0.5) is 0 Å². The van der Waals surface area contributed by atoms with Crippen molar-refractivity contribution in [3.63, 3.8) is 0 Å². The number of amides is 1. The first-order valence-corrected chi connectivity index (χ1v) is 8.47. The van der Waals surface area contributed by atoms with E-state index < -0.39 is 34.0 Å². The molecule has 1 amide bonds. The van der Waals surface area contributed by atoms with Crippen molar-refractivity contribution < 1.29 is 23.1 Å². The van der Waals surface area contributed by atoms with Crippen LogP contribution >= 0.6 is 0 Å². The number of carboxylic acids is 1. The zero-order valence-electron chi connectivity index (χ0n) is 12.0. The third kappa shape index (κ3) is 4.45. The van der Waals surface area contributed by atoms with Crippen LogP contribution in [0.3, 0.4) is 0 Å². The molecule has 8 heteroatoms. The molecule has 0 aromatic heterocycles. The number of rotatable bonds is 6. The van der Waals surface area contributed by atoms with E-state index in [1.54, 1.807) is 0 Å². The Morgan fingerprint density at radius 1 is 1.40 bits per heavy atom. The van der Waals surface area contributed by atoms with Crippen LogP contribution in [0.2, 0.25) is 0 Å². The minimum Gasteiger partial charge on any atom is -0.480 e. The first-order valence-electron chi connectivity index (χ1n) is 6.63. The van der Waals surface area contributed by atoms with Gasteiger partial charge in [-0.1, -0.05) is 13.8 Å². The summed E-state index contributed by atoms with van der Waals surface area (Å²) in [6.45, 7) is 4.03. The second-order valence-electron chi connectivity index (χ2n) is 5.56. The Hall–Kier alpha value is -1.15. The summed E-state index contributed by atoms with van der Waals surface area (Å²) in [7, 11) is -3.45. The van der Waals surface area contributed by atoms with Crippen LogP contribution < -0.4 is 5.32 Å². The predicted molar refractivity (Wildman–Crippen MR) is 73.6 cm³/mol. The molecule has 1 heterocycles. The molecule has 0 unspecified atom stereocenters. The second-order valence-corrected chi connectivity index (χ2v) is 7.50. The van der Waals surface area contributed by atoms with E-state index in [2.05, 4.69) is 5.32 Å². The molecule has 1 aliphatic rings. The third-order valence-corrected chi connectivity index (χ3v) is 4.54. The molecule has 1 rings (SSSR count). The topological polar surface area (TPSA) is 104 Å². The highest BCUT2D eigenvalue weighted by atomic mass is 32.2. The van der Waals surface area contributed by atoms with Gasteiger partial charge in [0, 0.05) is 6.54 Å². The normalized spacial score (nSPS) is 21.9. The second kappa shape index (κ2) is 6.53. The van der Waals surface area contributed by atoms with Gasteiger partial charge < -0.3 is 10.4 Å². The zero-order chi connectivity index (χ0) is 15.5. The van der Waals surface area contributed by atoms with Gasteiger partial charge in [-0.25, -0.2) is 13.2 Å². The standard InChI is InChI=1S/C12H22N2O5S/c1-8(2)7-9(12(16)17)13-11(15)10-5-4-6-14(10)20(3,18)19/h8-10H,4-7H2,1-3H3,(H,13,15)(H,16,17)/t9-,10+/m1/s1. The molecular formula is C12H22N2O5S. The van der Waals surface area contributed by atoms with Crippen LogP contribution in [0.5, 0.6) is 0 Å². The molecule has 1 saturated heterocycles. The van der Waals surface area contributed by atoms with Crippen LogP contribution in [-0.2, 0) is 19.6 Å². The van der Waals surface area contributed by atoms with Crippen LogP contribution in [0.25, 0.3) is 0 Å². The Labute approximate surface area is 119 Å². The summed E-state index contributed by atoms with van der Waals surface area (Å²) >= 11 is 0. The molecular weight excluding hydrogens is 284 g/mol. The molecule has 116 valence electrons. The van der Waals surface area contributed by atoms with E-state index in [-0.39, 0.29) is 5.92 Å². The van der Waals surface area contributed by atoms with E-state index in [1.807, 2.05) is 13.8 Å². The largest absolute Gasteiger partial charge is 0.480 e. The lowest BCUT2D eigenvalue weighted by atomic mass is 10.0.